The highest BCUT2D eigenvalue weighted by Crippen LogP contribution is 2.14. The molecule has 0 atom stereocenters. The van der Waals surface area contributed by atoms with Gasteiger partial charge in [0, 0.05) is 0 Å². The van der Waals surface area contributed by atoms with Crippen molar-refractivity contribution in [1.82, 2.24) is 4.98 Å². The first kappa shape index (κ1) is 8.54. The largest absolute Gasteiger partial charge is 0.383 e. The summed E-state index contributed by atoms with van der Waals surface area (Å²) < 4.78 is 0. The van der Waals surface area contributed by atoms with E-state index in [9.17, 15) is 0 Å². The highest BCUT2D eigenvalue weighted by molar-refractivity contribution is 5.47. The number of nitrogens with two attached hydrogens (primary N) is 1. The lowest BCUT2D eigenvalue weighted by Gasteiger charge is -2.03. The van der Waals surface area contributed by atoms with Gasteiger partial charge in [-0.15, -0.1) is 0 Å². The molecule has 0 aliphatic rings. The molecule has 0 spiro atoms. The third-order valence-corrected chi connectivity index (χ3v) is 1.83. The Bertz CT molecular complexity index is 336. The molecule has 12 heavy (non-hydrogen) atoms. The Morgan fingerprint density at radius 2 is 2.33 bits per heavy atom. The summed E-state index contributed by atoms with van der Waals surface area (Å²) in [4.78, 5) is 4.07. The van der Waals surface area contributed by atoms with Gasteiger partial charge in [0.25, 0.3) is 0 Å². The van der Waals surface area contributed by atoms with Crippen LogP contribution in [0.4, 0.5) is 5.82 Å². The van der Waals surface area contributed by atoms with E-state index in [4.69, 9.17) is 11.0 Å². The van der Waals surface area contributed by atoms with Crippen LogP contribution in [-0.2, 0) is 6.42 Å². The van der Waals surface area contributed by atoms with Crippen molar-refractivity contribution in [3.05, 3.63) is 22.9 Å². The number of hydrogen-bond donors (Lipinski definition) is 1. The minimum atomic E-state index is 0.536. The van der Waals surface area contributed by atoms with E-state index in [2.05, 4.69) is 11.1 Å². The van der Waals surface area contributed by atoms with Crippen LogP contribution in [0, 0.1) is 18.3 Å². The Morgan fingerprint density at radius 1 is 1.67 bits per heavy atom. The Labute approximate surface area is 71.8 Å². The zero-order chi connectivity index (χ0) is 9.14. The molecular formula is C9H11N3. The number of anilines is 1. The fraction of sp³-hybridized carbons (Fsp3) is 0.333. The van der Waals surface area contributed by atoms with Crippen LogP contribution in [0.15, 0.2) is 6.07 Å². The fourth-order valence-electron chi connectivity index (χ4n) is 1.06. The number of nitriles is 1. The molecule has 3 nitrogen and oxygen atoms in total. The van der Waals surface area contributed by atoms with Crippen molar-refractivity contribution in [1.29, 1.82) is 5.26 Å². The average molecular weight is 161 g/mol. The van der Waals surface area contributed by atoms with Gasteiger partial charge in [-0.2, -0.15) is 5.26 Å². The molecule has 1 rings (SSSR count). The van der Waals surface area contributed by atoms with Gasteiger partial charge in [0.2, 0.25) is 0 Å². The molecule has 3 heteroatoms. The van der Waals surface area contributed by atoms with Crippen LogP contribution in [0.1, 0.15) is 23.7 Å². The number of rotatable bonds is 1. The molecule has 0 fully saturated rings. The van der Waals surface area contributed by atoms with Crippen molar-refractivity contribution in [3.63, 3.8) is 0 Å². The third kappa shape index (κ3) is 1.37. The third-order valence-electron chi connectivity index (χ3n) is 1.83. The van der Waals surface area contributed by atoms with Crippen LogP contribution < -0.4 is 5.73 Å². The molecule has 0 unspecified atom stereocenters. The molecule has 0 radical (unpaired) electrons. The number of aryl methyl sites for hydroxylation is 2. The van der Waals surface area contributed by atoms with Crippen molar-refractivity contribution in [2.75, 3.05) is 5.73 Å². The maximum Gasteiger partial charge on any atom is 0.126 e. The molecule has 1 heterocycles. The SMILES string of the molecule is CCc1cc(C#N)c(C)nc1N. The fourth-order valence-corrected chi connectivity index (χ4v) is 1.06. The quantitative estimate of drug-likeness (QED) is 0.677. The Kier molecular flexibility index (Phi) is 2.29. The number of pyridine rings is 1. The maximum absolute atomic E-state index is 8.70. The summed E-state index contributed by atoms with van der Waals surface area (Å²) in [6.45, 7) is 3.78. The van der Waals surface area contributed by atoms with Gasteiger partial charge in [-0.3, -0.25) is 0 Å². The van der Waals surface area contributed by atoms with E-state index in [-0.39, 0.29) is 0 Å². The van der Waals surface area contributed by atoms with E-state index in [0.29, 0.717) is 17.1 Å². The van der Waals surface area contributed by atoms with Gasteiger partial charge in [-0.25, -0.2) is 4.98 Å². The van der Waals surface area contributed by atoms with E-state index in [1.807, 2.05) is 6.92 Å². The number of nitrogens with zero attached hydrogens (tertiary/aromatic N) is 2. The van der Waals surface area contributed by atoms with E-state index in [1.54, 1.807) is 13.0 Å². The standard InChI is InChI=1S/C9H11N3/c1-3-7-4-8(5-10)6(2)12-9(7)11/h4H,3H2,1-2H3,(H2,11,12). The molecule has 1 aromatic heterocycles. The molecule has 0 aliphatic heterocycles. The molecule has 0 saturated heterocycles. The summed E-state index contributed by atoms with van der Waals surface area (Å²) in [5, 5.41) is 8.70. The first-order chi connectivity index (χ1) is 5.69. The van der Waals surface area contributed by atoms with E-state index < -0.39 is 0 Å². The van der Waals surface area contributed by atoms with Gasteiger partial charge in [0.1, 0.15) is 11.9 Å². The van der Waals surface area contributed by atoms with Crippen molar-refractivity contribution < 1.29 is 0 Å². The van der Waals surface area contributed by atoms with E-state index in [1.165, 1.54) is 0 Å². The van der Waals surface area contributed by atoms with Gasteiger partial charge in [-0.1, -0.05) is 6.92 Å². The highest BCUT2D eigenvalue weighted by Gasteiger charge is 2.03. The molecule has 0 aromatic carbocycles. The Balaban J connectivity index is 3.30. The topological polar surface area (TPSA) is 62.7 Å². The van der Waals surface area contributed by atoms with Crippen molar-refractivity contribution in [2.45, 2.75) is 20.3 Å². The maximum atomic E-state index is 8.70. The Morgan fingerprint density at radius 3 is 2.83 bits per heavy atom. The first-order valence-corrected chi connectivity index (χ1v) is 3.85. The van der Waals surface area contributed by atoms with E-state index in [0.717, 1.165) is 12.0 Å². The molecule has 0 bridgehead atoms. The average Bonchev–Trinajstić information content (AvgIpc) is 2.05. The summed E-state index contributed by atoms with van der Waals surface area (Å²) in [5.41, 5.74) is 7.89. The van der Waals surface area contributed by atoms with Gasteiger partial charge < -0.3 is 5.73 Å². The molecule has 0 saturated carbocycles. The molecule has 2 N–H and O–H groups in total. The highest BCUT2D eigenvalue weighted by atomic mass is 14.8. The van der Waals surface area contributed by atoms with Crippen LogP contribution in [-0.4, -0.2) is 4.98 Å². The summed E-state index contributed by atoms with van der Waals surface area (Å²) in [5.74, 6) is 0.536. The monoisotopic (exact) mass is 161 g/mol. The lowest BCUT2D eigenvalue weighted by molar-refractivity contribution is 1.08. The minimum absolute atomic E-state index is 0.536. The van der Waals surface area contributed by atoms with Crippen molar-refractivity contribution in [2.24, 2.45) is 0 Å². The summed E-state index contributed by atoms with van der Waals surface area (Å²) in [6.07, 6.45) is 0.813. The lowest BCUT2D eigenvalue weighted by Crippen LogP contribution is -2.00. The summed E-state index contributed by atoms with van der Waals surface area (Å²) >= 11 is 0. The normalized spacial score (nSPS) is 9.42. The predicted octanol–water partition coefficient (Wildman–Crippen LogP) is 1.41. The smallest absolute Gasteiger partial charge is 0.126 e. The molecular weight excluding hydrogens is 150 g/mol. The van der Waals surface area contributed by atoms with Crippen molar-refractivity contribution in [3.8, 4) is 6.07 Å². The first-order valence-electron chi connectivity index (χ1n) is 3.85. The van der Waals surface area contributed by atoms with Gasteiger partial charge >= 0.3 is 0 Å². The van der Waals surface area contributed by atoms with Gasteiger partial charge in [0.05, 0.1) is 11.3 Å². The van der Waals surface area contributed by atoms with Crippen LogP contribution in [0.2, 0.25) is 0 Å². The second kappa shape index (κ2) is 3.22. The summed E-state index contributed by atoms with van der Waals surface area (Å²) in [7, 11) is 0. The van der Waals surface area contributed by atoms with Crippen LogP contribution in [0.5, 0.6) is 0 Å². The molecule has 0 amide bonds. The zero-order valence-electron chi connectivity index (χ0n) is 7.26. The van der Waals surface area contributed by atoms with Crippen LogP contribution >= 0.6 is 0 Å². The second-order valence-electron chi connectivity index (χ2n) is 2.63. The molecule has 1 aromatic rings. The lowest BCUT2D eigenvalue weighted by atomic mass is 10.1. The van der Waals surface area contributed by atoms with Crippen molar-refractivity contribution >= 4 is 5.82 Å². The van der Waals surface area contributed by atoms with Gasteiger partial charge in [0.15, 0.2) is 0 Å². The minimum Gasteiger partial charge on any atom is -0.383 e. The molecule has 0 aliphatic carbocycles. The second-order valence-corrected chi connectivity index (χ2v) is 2.63. The van der Waals surface area contributed by atoms with Crippen LogP contribution in [0.25, 0.3) is 0 Å². The summed E-state index contributed by atoms with van der Waals surface area (Å²) in [6, 6.07) is 3.88. The number of nitrogen functional groups attached to an aromatic ring is 1. The zero-order valence-corrected chi connectivity index (χ0v) is 7.26. The predicted molar refractivity (Wildman–Crippen MR) is 47.5 cm³/mol. The Hall–Kier alpha value is -1.56. The number of aromatic nitrogens is 1. The molecule has 62 valence electrons. The van der Waals surface area contributed by atoms with Gasteiger partial charge in [-0.05, 0) is 25.0 Å². The van der Waals surface area contributed by atoms with E-state index >= 15 is 0 Å². The van der Waals surface area contributed by atoms with Crippen LogP contribution in [0.3, 0.4) is 0 Å². The number of hydrogen-bond acceptors (Lipinski definition) is 3.